The molecule has 0 aliphatic heterocycles. The molecular formula is C12H6BrClN4OSe. The predicted octanol–water partition coefficient (Wildman–Crippen LogP) is 2.75. The standard InChI is InChI=1S/C12H6BrClN4OSe/c13-6-4-7(11(14)15-5-6)12(19)16-8-2-1-3-9-10(8)18-20-17-9/h1-5H,(H,16,19). The Hall–Kier alpha value is -1.27. The van der Waals surface area contributed by atoms with Crippen molar-refractivity contribution in [3.05, 3.63) is 45.7 Å². The maximum atomic E-state index is 12.3. The van der Waals surface area contributed by atoms with Crippen LogP contribution in [0.25, 0.3) is 11.0 Å². The Balaban J connectivity index is 1.96. The van der Waals surface area contributed by atoms with Crippen LogP contribution < -0.4 is 5.32 Å². The molecule has 0 bridgehead atoms. The van der Waals surface area contributed by atoms with Crippen molar-refractivity contribution in [1.29, 1.82) is 0 Å². The summed E-state index contributed by atoms with van der Waals surface area (Å²) in [5.41, 5.74) is 2.46. The Morgan fingerprint density at radius 3 is 3.05 bits per heavy atom. The minimum atomic E-state index is -0.327. The molecule has 0 aliphatic carbocycles. The summed E-state index contributed by atoms with van der Waals surface area (Å²) < 4.78 is 9.27. The Morgan fingerprint density at radius 2 is 2.20 bits per heavy atom. The van der Waals surface area contributed by atoms with Crippen molar-refractivity contribution in [2.24, 2.45) is 0 Å². The van der Waals surface area contributed by atoms with Gasteiger partial charge in [0.1, 0.15) is 0 Å². The van der Waals surface area contributed by atoms with Gasteiger partial charge in [-0.1, -0.05) is 0 Å². The van der Waals surface area contributed by atoms with E-state index in [-0.39, 0.29) is 26.0 Å². The molecular weight excluding hydrogens is 410 g/mol. The van der Waals surface area contributed by atoms with Gasteiger partial charge < -0.3 is 0 Å². The summed E-state index contributed by atoms with van der Waals surface area (Å²) in [6.07, 6.45) is 1.54. The first kappa shape index (κ1) is 13.7. The van der Waals surface area contributed by atoms with Crippen LogP contribution >= 0.6 is 27.5 Å². The summed E-state index contributed by atoms with van der Waals surface area (Å²) in [7, 11) is 0. The number of fused-ring (bicyclic) bond motifs is 1. The van der Waals surface area contributed by atoms with Gasteiger partial charge in [-0.25, -0.2) is 0 Å². The number of hydrogen-bond acceptors (Lipinski definition) is 4. The van der Waals surface area contributed by atoms with Gasteiger partial charge in [0, 0.05) is 0 Å². The zero-order chi connectivity index (χ0) is 14.1. The van der Waals surface area contributed by atoms with E-state index in [1.807, 2.05) is 12.1 Å². The molecule has 0 unspecified atom stereocenters. The van der Waals surface area contributed by atoms with E-state index in [4.69, 9.17) is 11.6 Å². The number of carbonyl (C=O) groups is 1. The molecule has 1 amide bonds. The second-order valence-corrected chi connectivity index (χ2v) is 6.27. The normalized spacial score (nSPS) is 10.7. The number of hydrogen-bond donors (Lipinski definition) is 1. The summed E-state index contributed by atoms with van der Waals surface area (Å²) >= 11 is 9.07. The van der Waals surface area contributed by atoms with Gasteiger partial charge in [-0.05, 0) is 0 Å². The third-order valence-corrected chi connectivity index (χ3v) is 4.46. The second-order valence-electron chi connectivity index (χ2n) is 3.88. The third kappa shape index (κ3) is 2.62. The Bertz CT molecular complexity index is 807. The van der Waals surface area contributed by atoms with Gasteiger partial charge in [-0.2, -0.15) is 0 Å². The first-order valence-electron chi connectivity index (χ1n) is 5.49. The molecule has 100 valence electrons. The van der Waals surface area contributed by atoms with E-state index in [1.165, 1.54) is 6.20 Å². The van der Waals surface area contributed by atoms with Gasteiger partial charge in [0.2, 0.25) is 0 Å². The van der Waals surface area contributed by atoms with Crippen LogP contribution in [0.4, 0.5) is 5.69 Å². The summed E-state index contributed by atoms with van der Waals surface area (Å²) in [6, 6.07) is 7.11. The predicted molar refractivity (Wildman–Crippen MR) is 81.4 cm³/mol. The molecule has 0 fully saturated rings. The molecule has 0 saturated carbocycles. The molecule has 2 heterocycles. The van der Waals surface area contributed by atoms with Crippen molar-refractivity contribution in [3.63, 3.8) is 0 Å². The number of anilines is 1. The van der Waals surface area contributed by atoms with Crippen LogP contribution in [0.1, 0.15) is 10.4 Å². The number of benzene rings is 1. The fraction of sp³-hybridized carbons (Fsp3) is 0. The van der Waals surface area contributed by atoms with E-state index in [2.05, 4.69) is 34.2 Å². The summed E-state index contributed by atoms with van der Waals surface area (Å²) in [6.45, 7) is 0. The monoisotopic (exact) mass is 416 g/mol. The van der Waals surface area contributed by atoms with Crippen molar-refractivity contribution in [1.82, 2.24) is 12.9 Å². The quantitative estimate of drug-likeness (QED) is 0.515. The molecule has 3 aromatic rings. The number of nitrogens with one attached hydrogen (secondary N) is 1. The van der Waals surface area contributed by atoms with Gasteiger partial charge >= 0.3 is 134 Å². The topological polar surface area (TPSA) is 67.8 Å². The third-order valence-electron chi connectivity index (χ3n) is 2.58. The van der Waals surface area contributed by atoms with Crippen molar-refractivity contribution < 1.29 is 4.79 Å². The van der Waals surface area contributed by atoms with E-state index >= 15 is 0 Å². The molecule has 0 spiro atoms. The second kappa shape index (κ2) is 5.61. The maximum absolute atomic E-state index is 12.3. The van der Waals surface area contributed by atoms with E-state index in [0.717, 1.165) is 11.0 Å². The minimum absolute atomic E-state index is 0.141. The molecule has 8 heteroatoms. The van der Waals surface area contributed by atoms with Crippen LogP contribution in [0.2, 0.25) is 5.15 Å². The zero-order valence-electron chi connectivity index (χ0n) is 9.80. The molecule has 1 aromatic carbocycles. The van der Waals surface area contributed by atoms with Crippen molar-refractivity contribution in [3.8, 4) is 0 Å². The number of pyridine rings is 1. The average molecular weight is 417 g/mol. The van der Waals surface area contributed by atoms with Crippen LogP contribution in [-0.4, -0.2) is 33.8 Å². The Morgan fingerprint density at radius 1 is 1.35 bits per heavy atom. The van der Waals surface area contributed by atoms with E-state index < -0.39 is 0 Å². The van der Waals surface area contributed by atoms with E-state index in [9.17, 15) is 4.79 Å². The number of carbonyl (C=O) groups excluding carboxylic acids is 1. The molecule has 3 rings (SSSR count). The Labute approximate surface area is 133 Å². The Kier molecular flexibility index (Phi) is 3.85. The fourth-order valence-electron chi connectivity index (χ4n) is 1.68. The molecule has 2 aromatic heterocycles. The van der Waals surface area contributed by atoms with Gasteiger partial charge in [0.05, 0.1) is 0 Å². The number of halogens is 2. The average Bonchev–Trinajstić information content (AvgIpc) is 2.91. The SMILES string of the molecule is O=C(Nc1cccc2n[se]nc12)c1cc(Br)cnc1Cl. The molecule has 0 radical (unpaired) electrons. The van der Waals surface area contributed by atoms with Crippen molar-refractivity contribution >= 4 is 65.1 Å². The first-order chi connectivity index (χ1) is 9.65. The van der Waals surface area contributed by atoms with Crippen LogP contribution in [0.15, 0.2) is 34.9 Å². The number of aromatic nitrogens is 3. The van der Waals surface area contributed by atoms with Gasteiger partial charge in [0.15, 0.2) is 0 Å². The van der Waals surface area contributed by atoms with E-state index in [0.29, 0.717) is 15.7 Å². The number of nitrogens with zero attached hydrogens (tertiary/aromatic N) is 3. The van der Waals surface area contributed by atoms with E-state index in [1.54, 1.807) is 12.1 Å². The molecule has 1 N–H and O–H groups in total. The van der Waals surface area contributed by atoms with Crippen LogP contribution in [0.3, 0.4) is 0 Å². The van der Waals surface area contributed by atoms with Gasteiger partial charge in [-0.3, -0.25) is 0 Å². The molecule has 0 aliphatic rings. The molecule has 0 saturated heterocycles. The fourth-order valence-corrected chi connectivity index (χ4v) is 3.35. The van der Waals surface area contributed by atoms with Crippen LogP contribution in [0, 0.1) is 0 Å². The van der Waals surface area contributed by atoms with Gasteiger partial charge in [-0.15, -0.1) is 0 Å². The van der Waals surface area contributed by atoms with Crippen molar-refractivity contribution in [2.45, 2.75) is 0 Å². The van der Waals surface area contributed by atoms with Crippen LogP contribution in [-0.2, 0) is 0 Å². The molecule has 5 nitrogen and oxygen atoms in total. The first-order valence-corrected chi connectivity index (χ1v) is 8.19. The summed E-state index contributed by atoms with van der Waals surface area (Å²) in [4.78, 5) is 16.2. The number of amides is 1. The number of rotatable bonds is 2. The zero-order valence-corrected chi connectivity index (χ0v) is 13.9. The summed E-state index contributed by atoms with van der Waals surface area (Å²) in [5, 5.41) is 2.96. The summed E-state index contributed by atoms with van der Waals surface area (Å²) in [5.74, 6) is -0.327. The molecule has 0 atom stereocenters. The van der Waals surface area contributed by atoms with Crippen LogP contribution in [0.5, 0.6) is 0 Å². The van der Waals surface area contributed by atoms with Crippen molar-refractivity contribution in [2.75, 3.05) is 5.32 Å². The van der Waals surface area contributed by atoms with Gasteiger partial charge in [0.25, 0.3) is 0 Å². The molecule has 20 heavy (non-hydrogen) atoms.